The summed E-state index contributed by atoms with van der Waals surface area (Å²) >= 11 is 1.18. The summed E-state index contributed by atoms with van der Waals surface area (Å²) in [7, 11) is 3.15. The number of carbonyl (C=O) groups excluding carboxylic acids is 2. The number of pyridine rings is 1. The Balaban J connectivity index is 1.77. The number of benzene rings is 2. The normalized spacial score (nSPS) is 16.3. The van der Waals surface area contributed by atoms with Crippen molar-refractivity contribution < 1.29 is 19.1 Å². The van der Waals surface area contributed by atoms with Crippen LogP contribution in [0.3, 0.4) is 0 Å². The van der Waals surface area contributed by atoms with Crippen LogP contribution in [-0.2, 0) is 0 Å². The number of amides is 2. The zero-order valence-electron chi connectivity index (χ0n) is 19.7. The lowest BCUT2D eigenvalue weighted by molar-refractivity contribution is 0.0882. The van der Waals surface area contributed by atoms with Crippen LogP contribution >= 0.6 is 11.8 Å². The highest BCUT2D eigenvalue weighted by atomic mass is 32.2. The Hall–Kier alpha value is -3.85. The third-order valence-corrected chi connectivity index (χ3v) is 6.76. The molecular weight excluding hydrogens is 464 g/mol. The van der Waals surface area contributed by atoms with E-state index < -0.39 is 12.1 Å². The van der Waals surface area contributed by atoms with Crippen LogP contribution in [0.15, 0.2) is 78.0 Å². The molecule has 1 aromatic heterocycles. The zero-order chi connectivity index (χ0) is 24.8. The highest BCUT2D eigenvalue weighted by Crippen LogP contribution is 2.35. The number of hydrazone groups is 1. The number of hydrogen-bond acceptors (Lipinski definition) is 7. The molecule has 3 aromatic rings. The molecule has 2 aromatic carbocycles. The molecule has 0 spiro atoms. The number of nitrogens with zero attached hydrogens (tertiary/aromatic N) is 3. The lowest BCUT2D eigenvalue weighted by Gasteiger charge is -2.34. The zero-order valence-corrected chi connectivity index (χ0v) is 20.5. The van der Waals surface area contributed by atoms with E-state index in [0.717, 1.165) is 11.1 Å². The molecule has 4 rings (SSSR count). The summed E-state index contributed by atoms with van der Waals surface area (Å²) in [6.45, 7) is 2.01. The van der Waals surface area contributed by atoms with Gasteiger partial charge in [0.05, 0.1) is 25.2 Å². The summed E-state index contributed by atoms with van der Waals surface area (Å²) in [6.07, 6.45) is 1.43. The third-order valence-electron chi connectivity index (χ3n) is 5.53. The Bertz CT molecular complexity index is 1220. The first-order valence-electron chi connectivity index (χ1n) is 11.1. The second kappa shape index (κ2) is 11.1. The quantitative estimate of drug-likeness (QED) is 0.484. The number of rotatable bonds is 8. The predicted molar refractivity (Wildman–Crippen MR) is 136 cm³/mol. The molecule has 0 saturated carbocycles. The van der Waals surface area contributed by atoms with Gasteiger partial charge in [-0.2, -0.15) is 10.1 Å². The minimum absolute atomic E-state index is 0.153. The molecule has 35 heavy (non-hydrogen) atoms. The van der Waals surface area contributed by atoms with Crippen molar-refractivity contribution in [2.75, 3.05) is 14.2 Å². The highest BCUT2D eigenvalue weighted by molar-refractivity contribution is 8.14. The molecule has 1 N–H and O–H groups in total. The second-order valence-electron chi connectivity index (χ2n) is 7.68. The predicted octanol–water partition coefficient (Wildman–Crippen LogP) is 4.88. The van der Waals surface area contributed by atoms with Gasteiger partial charge in [-0.25, -0.2) is 0 Å². The van der Waals surface area contributed by atoms with E-state index in [1.165, 1.54) is 16.8 Å². The summed E-state index contributed by atoms with van der Waals surface area (Å²) in [5.41, 5.74) is 2.49. The summed E-state index contributed by atoms with van der Waals surface area (Å²) in [5.74, 6) is 0.767. The molecule has 2 heterocycles. The van der Waals surface area contributed by atoms with Crippen molar-refractivity contribution in [2.45, 2.75) is 24.8 Å². The first-order chi connectivity index (χ1) is 17.0. The van der Waals surface area contributed by atoms with E-state index in [1.54, 1.807) is 38.6 Å². The Morgan fingerprint density at radius 2 is 1.80 bits per heavy atom. The molecule has 2 amide bonds. The Morgan fingerprint density at radius 3 is 2.46 bits per heavy atom. The van der Waals surface area contributed by atoms with Gasteiger partial charge in [-0.15, -0.1) is 0 Å². The molecule has 1 aliphatic heterocycles. The van der Waals surface area contributed by atoms with Crippen LogP contribution in [0.4, 0.5) is 4.79 Å². The van der Waals surface area contributed by atoms with E-state index in [-0.39, 0.29) is 16.2 Å². The summed E-state index contributed by atoms with van der Waals surface area (Å²) < 4.78 is 10.8. The summed E-state index contributed by atoms with van der Waals surface area (Å²) in [6, 6.07) is 19.9. The second-order valence-corrected chi connectivity index (χ2v) is 8.84. The monoisotopic (exact) mass is 490 g/mol. The number of hydrogen-bond donors (Lipinski definition) is 1. The number of thioether (sulfide) groups is 1. The van der Waals surface area contributed by atoms with E-state index in [9.17, 15) is 9.59 Å². The molecule has 2 atom stereocenters. The minimum Gasteiger partial charge on any atom is -0.493 e. The Kier molecular flexibility index (Phi) is 7.67. The smallest absolute Gasteiger partial charge is 0.304 e. The van der Waals surface area contributed by atoms with Crippen LogP contribution in [0.5, 0.6) is 11.5 Å². The van der Waals surface area contributed by atoms with E-state index in [2.05, 4.69) is 10.3 Å². The lowest BCUT2D eigenvalue weighted by Crippen LogP contribution is -2.44. The highest BCUT2D eigenvalue weighted by Gasteiger charge is 2.36. The number of aromatic nitrogens is 1. The van der Waals surface area contributed by atoms with Crippen molar-refractivity contribution in [3.63, 3.8) is 0 Å². The van der Waals surface area contributed by atoms with Gasteiger partial charge in [0.15, 0.2) is 17.7 Å². The molecular formula is C26H26N4O4S. The lowest BCUT2D eigenvalue weighted by atomic mass is 10.0. The molecule has 0 aliphatic carbocycles. The Morgan fingerprint density at radius 1 is 1.06 bits per heavy atom. The van der Waals surface area contributed by atoms with Gasteiger partial charge in [-0.05, 0) is 42.3 Å². The van der Waals surface area contributed by atoms with Gasteiger partial charge in [0.25, 0.3) is 5.91 Å². The maximum absolute atomic E-state index is 13.3. The first-order valence-corrected chi connectivity index (χ1v) is 12.0. The summed E-state index contributed by atoms with van der Waals surface area (Å²) in [4.78, 5) is 30.4. The standard InChI is InChI=1S/C26H26N4O4S/c1-4-22-23(18-13-14-20(33-2)21(16-18)34-3)29-30(26(32)35-22)24(17-10-6-5-7-11-17)28-25(31)19-12-8-9-15-27-19/h5-16,22,24H,4H2,1-3H3,(H,28,31). The molecule has 0 fully saturated rings. The SMILES string of the molecule is CCC1SC(=O)N(C(NC(=O)c2ccccn2)c2ccccc2)N=C1c1ccc(OC)c(OC)c1. The topological polar surface area (TPSA) is 93.1 Å². The molecule has 8 nitrogen and oxygen atoms in total. The van der Waals surface area contributed by atoms with Crippen molar-refractivity contribution >= 4 is 28.6 Å². The van der Waals surface area contributed by atoms with Gasteiger partial charge in [-0.3, -0.25) is 14.6 Å². The molecule has 9 heteroatoms. The van der Waals surface area contributed by atoms with Crippen LogP contribution in [-0.4, -0.2) is 46.3 Å². The minimum atomic E-state index is -0.821. The third kappa shape index (κ3) is 5.30. The number of carbonyl (C=O) groups is 2. The van der Waals surface area contributed by atoms with Gasteiger partial charge in [0.1, 0.15) is 5.69 Å². The number of methoxy groups -OCH3 is 2. The first kappa shape index (κ1) is 24.3. The average molecular weight is 491 g/mol. The van der Waals surface area contributed by atoms with Crippen LogP contribution in [0.1, 0.15) is 41.1 Å². The number of ether oxygens (including phenoxy) is 2. The van der Waals surface area contributed by atoms with Gasteiger partial charge in [0, 0.05) is 11.8 Å². The van der Waals surface area contributed by atoms with Crippen LogP contribution < -0.4 is 14.8 Å². The molecule has 0 saturated heterocycles. The Labute approximate surface area is 208 Å². The summed E-state index contributed by atoms with van der Waals surface area (Å²) in [5, 5.41) is 8.65. The molecule has 0 radical (unpaired) electrons. The van der Waals surface area contributed by atoms with Crippen molar-refractivity contribution in [3.8, 4) is 11.5 Å². The fourth-order valence-electron chi connectivity index (χ4n) is 3.75. The van der Waals surface area contributed by atoms with Gasteiger partial charge in [-0.1, -0.05) is 55.1 Å². The van der Waals surface area contributed by atoms with E-state index in [0.29, 0.717) is 23.6 Å². The fourth-order valence-corrected chi connectivity index (χ4v) is 4.71. The fraction of sp³-hybridized carbons (Fsp3) is 0.231. The van der Waals surface area contributed by atoms with Crippen molar-refractivity contribution in [3.05, 3.63) is 89.7 Å². The van der Waals surface area contributed by atoms with Crippen LogP contribution in [0, 0.1) is 0 Å². The van der Waals surface area contributed by atoms with E-state index >= 15 is 0 Å². The maximum Gasteiger partial charge on any atom is 0.304 e. The van der Waals surface area contributed by atoms with Crippen LogP contribution in [0.2, 0.25) is 0 Å². The van der Waals surface area contributed by atoms with E-state index in [1.807, 2.05) is 55.5 Å². The van der Waals surface area contributed by atoms with Crippen molar-refractivity contribution in [1.29, 1.82) is 0 Å². The molecule has 2 unspecified atom stereocenters. The maximum atomic E-state index is 13.3. The van der Waals surface area contributed by atoms with E-state index in [4.69, 9.17) is 14.6 Å². The number of nitrogens with one attached hydrogen (secondary N) is 1. The van der Waals surface area contributed by atoms with Gasteiger partial charge < -0.3 is 14.8 Å². The van der Waals surface area contributed by atoms with Crippen LogP contribution in [0.25, 0.3) is 0 Å². The van der Waals surface area contributed by atoms with Crippen molar-refractivity contribution in [2.24, 2.45) is 5.10 Å². The average Bonchev–Trinajstić information content (AvgIpc) is 2.92. The van der Waals surface area contributed by atoms with Crippen molar-refractivity contribution in [1.82, 2.24) is 15.3 Å². The molecule has 180 valence electrons. The van der Waals surface area contributed by atoms with Gasteiger partial charge >= 0.3 is 5.24 Å². The molecule has 1 aliphatic rings. The largest absolute Gasteiger partial charge is 0.493 e. The molecule has 0 bridgehead atoms. The van der Waals surface area contributed by atoms with Gasteiger partial charge in [0.2, 0.25) is 0 Å².